The Labute approximate surface area is 123 Å². The van der Waals surface area contributed by atoms with E-state index < -0.39 is 0 Å². The van der Waals surface area contributed by atoms with E-state index in [0.717, 1.165) is 17.4 Å². The van der Waals surface area contributed by atoms with Crippen LogP contribution in [0.2, 0.25) is 0 Å². The average Bonchev–Trinajstić information content (AvgIpc) is 2.87. The summed E-state index contributed by atoms with van der Waals surface area (Å²) in [5, 5.41) is 7.72. The third-order valence-electron chi connectivity index (χ3n) is 3.38. The number of aryl methyl sites for hydroxylation is 2. The van der Waals surface area contributed by atoms with Crippen molar-refractivity contribution in [3.63, 3.8) is 0 Å². The molecule has 1 aromatic heterocycles. The van der Waals surface area contributed by atoms with Gasteiger partial charge in [0.2, 0.25) is 0 Å². The van der Waals surface area contributed by atoms with E-state index >= 15 is 0 Å². The Morgan fingerprint density at radius 2 is 2.21 bits per heavy atom. The first-order valence-corrected chi connectivity index (χ1v) is 7.38. The SMILES string of the molecule is CCn1cc(CC(NC)c2ccc(Br)c(C)c2)cn1. The van der Waals surface area contributed by atoms with Crippen LogP contribution in [-0.4, -0.2) is 16.8 Å². The first kappa shape index (κ1) is 14.3. The maximum Gasteiger partial charge on any atom is 0.0522 e. The molecule has 0 amide bonds. The standard InChI is InChI=1S/C15H20BrN3/c1-4-19-10-12(9-18-19)8-15(17-3)13-5-6-14(16)11(2)7-13/h5-7,9-10,15,17H,4,8H2,1-3H3. The average molecular weight is 322 g/mol. The van der Waals surface area contributed by atoms with Gasteiger partial charge in [-0.1, -0.05) is 28.1 Å². The van der Waals surface area contributed by atoms with Crippen LogP contribution < -0.4 is 5.32 Å². The predicted octanol–water partition coefficient (Wildman–Crippen LogP) is 3.48. The maximum absolute atomic E-state index is 4.33. The van der Waals surface area contributed by atoms with Gasteiger partial charge < -0.3 is 5.32 Å². The summed E-state index contributed by atoms with van der Waals surface area (Å²) in [6.45, 7) is 5.14. The van der Waals surface area contributed by atoms with E-state index in [2.05, 4.69) is 64.6 Å². The summed E-state index contributed by atoms with van der Waals surface area (Å²) in [7, 11) is 2.01. The molecule has 0 spiro atoms. The number of benzene rings is 1. The zero-order valence-electron chi connectivity index (χ0n) is 11.7. The van der Waals surface area contributed by atoms with Gasteiger partial charge in [0, 0.05) is 23.3 Å². The molecule has 1 heterocycles. The topological polar surface area (TPSA) is 29.9 Å². The number of hydrogen-bond acceptors (Lipinski definition) is 2. The van der Waals surface area contributed by atoms with E-state index in [1.54, 1.807) is 0 Å². The Bertz CT molecular complexity index is 548. The van der Waals surface area contributed by atoms with Crippen LogP contribution >= 0.6 is 15.9 Å². The van der Waals surface area contributed by atoms with E-state index in [0.29, 0.717) is 6.04 Å². The monoisotopic (exact) mass is 321 g/mol. The molecule has 19 heavy (non-hydrogen) atoms. The van der Waals surface area contributed by atoms with E-state index in [4.69, 9.17) is 0 Å². The van der Waals surface area contributed by atoms with Crippen molar-refractivity contribution in [2.45, 2.75) is 32.9 Å². The highest BCUT2D eigenvalue weighted by Crippen LogP contribution is 2.23. The first-order chi connectivity index (χ1) is 9.13. The Kier molecular flexibility index (Phi) is 4.77. The molecule has 0 bridgehead atoms. The van der Waals surface area contributed by atoms with Gasteiger partial charge >= 0.3 is 0 Å². The third kappa shape index (κ3) is 3.45. The molecule has 4 heteroatoms. The molecule has 0 fully saturated rings. The van der Waals surface area contributed by atoms with Gasteiger partial charge in [-0.3, -0.25) is 4.68 Å². The molecule has 1 aromatic carbocycles. The lowest BCUT2D eigenvalue weighted by atomic mass is 9.99. The van der Waals surface area contributed by atoms with Gasteiger partial charge in [-0.05, 0) is 50.1 Å². The second-order valence-corrected chi connectivity index (χ2v) is 5.61. The largest absolute Gasteiger partial charge is 0.313 e. The van der Waals surface area contributed by atoms with Gasteiger partial charge in [0.05, 0.1) is 6.20 Å². The molecular formula is C15H20BrN3. The van der Waals surface area contributed by atoms with Gasteiger partial charge in [0.25, 0.3) is 0 Å². The minimum atomic E-state index is 0.321. The molecule has 0 aliphatic carbocycles. The van der Waals surface area contributed by atoms with Crippen molar-refractivity contribution in [2.24, 2.45) is 0 Å². The normalized spacial score (nSPS) is 12.6. The molecule has 1 atom stereocenters. The Morgan fingerprint density at radius 1 is 1.42 bits per heavy atom. The van der Waals surface area contributed by atoms with Crippen LogP contribution in [0.1, 0.15) is 29.7 Å². The van der Waals surface area contributed by atoms with Crippen molar-refractivity contribution in [1.29, 1.82) is 0 Å². The van der Waals surface area contributed by atoms with Crippen molar-refractivity contribution < 1.29 is 0 Å². The summed E-state index contributed by atoms with van der Waals surface area (Å²) in [4.78, 5) is 0. The zero-order chi connectivity index (χ0) is 13.8. The van der Waals surface area contributed by atoms with Crippen LogP contribution in [0.25, 0.3) is 0 Å². The molecule has 0 saturated heterocycles. The van der Waals surface area contributed by atoms with Crippen LogP contribution in [0, 0.1) is 6.92 Å². The highest BCUT2D eigenvalue weighted by molar-refractivity contribution is 9.10. The lowest BCUT2D eigenvalue weighted by Gasteiger charge is -2.17. The zero-order valence-corrected chi connectivity index (χ0v) is 13.2. The molecule has 102 valence electrons. The summed E-state index contributed by atoms with van der Waals surface area (Å²) in [6, 6.07) is 6.84. The van der Waals surface area contributed by atoms with Crippen molar-refractivity contribution in [3.05, 3.63) is 51.8 Å². The molecule has 0 radical (unpaired) electrons. The van der Waals surface area contributed by atoms with Crippen LogP contribution in [0.15, 0.2) is 35.1 Å². The van der Waals surface area contributed by atoms with Crippen molar-refractivity contribution in [3.8, 4) is 0 Å². The summed E-state index contributed by atoms with van der Waals surface area (Å²) in [5.41, 5.74) is 3.84. The Morgan fingerprint density at radius 3 is 2.79 bits per heavy atom. The number of aromatic nitrogens is 2. The summed E-state index contributed by atoms with van der Waals surface area (Å²) in [6.07, 6.45) is 5.03. The summed E-state index contributed by atoms with van der Waals surface area (Å²) in [5.74, 6) is 0. The van der Waals surface area contributed by atoms with Crippen molar-refractivity contribution in [1.82, 2.24) is 15.1 Å². The third-order valence-corrected chi connectivity index (χ3v) is 4.27. The molecule has 2 aromatic rings. The van der Waals surface area contributed by atoms with Gasteiger partial charge in [-0.2, -0.15) is 5.10 Å². The molecule has 2 rings (SSSR count). The molecule has 0 aliphatic rings. The van der Waals surface area contributed by atoms with Gasteiger partial charge in [-0.25, -0.2) is 0 Å². The number of likely N-dealkylation sites (N-methyl/N-ethyl adjacent to an activating group) is 1. The molecule has 3 nitrogen and oxygen atoms in total. The van der Waals surface area contributed by atoms with Crippen LogP contribution in [-0.2, 0) is 13.0 Å². The molecule has 1 unspecified atom stereocenters. The Balaban J connectivity index is 2.17. The summed E-state index contributed by atoms with van der Waals surface area (Å²) < 4.78 is 3.12. The smallest absolute Gasteiger partial charge is 0.0522 e. The number of hydrogen-bond donors (Lipinski definition) is 1. The van der Waals surface area contributed by atoms with E-state index in [1.807, 2.05) is 17.9 Å². The predicted molar refractivity (Wildman–Crippen MR) is 82.3 cm³/mol. The van der Waals surface area contributed by atoms with Gasteiger partial charge in [-0.15, -0.1) is 0 Å². The summed E-state index contributed by atoms with van der Waals surface area (Å²) >= 11 is 3.55. The molecule has 0 aliphatic heterocycles. The maximum atomic E-state index is 4.33. The second-order valence-electron chi connectivity index (χ2n) is 4.76. The Hall–Kier alpha value is -1.13. The van der Waals surface area contributed by atoms with Crippen LogP contribution in [0.5, 0.6) is 0 Å². The number of rotatable bonds is 5. The number of nitrogens with zero attached hydrogens (tertiary/aromatic N) is 2. The molecule has 0 saturated carbocycles. The number of nitrogens with one attached hydrogen (secondary N) is 1. The van der Waals surface area contributed by atoms with Crippen molar-refractivity contribution in [2.75, 3.05) is 7.05 Å². The number of halogens is 1. The molecular weight excluding hydrogens is 302 g/mol. The van der Waals surface area contributed by atoms with E-state index in [9.17, 15) is 0 Å². The van der Waals surface area contributed by atoms with Gasteiger partial charge in [0.1, 0.15) is 0 Å². The minimum Gasteiger partial charge on any atom is -0.313 e. The van der Waals surface area contributed by atoms with Crippen molar-refractivity contribution >= 4 is 15.9 Å². The van der Waals surface area contributed by atoms with E-state index in [1.165, 1.54) is 16.7 Å². The lowest BCUT2D eigenvalue weighted by molar-refractivity contribution is 0.590. The lowest BCUT2D eigenvalue weighted by Crippen LogP contribution is -2.18. The van der Waals surface area contributed by atoms with Gasteiger partial charge in [0.15, 0.2) is 0 Å². The second kappa shape index (κ2) is 6.35. The quantitative estimate of drug-likeness (QED) is 0.913. The first-order valence-electron chi connectivity index (χ1n) is 6.58. The molecule has 1 N–H and O–H groups in total. The highest BCUT2D eigenvalue weighted by Gasteiger charge is 2.12. The fourth-order valence-electron chi connectivity index (χ4n) is 2.19. The van der Waals surface area contributed by atoms with Crippen LogP contribution in [0.4, 0.5) is 0 Å². The van der Waals surface area contributed by atoms with Crippen LogP contribution in [0.3, 0.4) is 0 Å². The fourth-order valence-corrected chi connectivity index (χ4v) is 2.44. The fraction of sp³-hybridized carbons (Fsp3) is 0.400. The highest BCUT2D eigenvalue weighted by atomic mass is 79.9. The minimum absolute atomic E-state index is 0.321. The van der Waals surface area contributed by atoms with E-state index in [-0.39, 0.29) is 0 Å².